The van der Waals surface area contributed by atoms with Gasteiger partial charge in [0.25, 0.3) is 5.91 Å². The third kappa shape index (κ3) is 7.45. The standard InChI is InChI=1S/C20H24ClN3O2S/c1-14(2)17-5-3-4-6-18(17)26-13-19(25)23-24-20(27)22-12-11-15-7-9-16(21)10-8-15/h3-10,14H,11-13H2,1-2H3,(H,23,25)(H2,22,24,27). The highest BCUT2D eigenvalue weighted by Crippen LogP contribution is 2.25. The molecule has 2 aromatic rings. The van der Waals surface area contributed by atoms with Crippen molar-refractivity contribution < 1.29 is 9.53 Å². The Kier molecular flexibility index (Phi) is 8.36. The first kappa shape index (κ1) is 21.0. The molecule has 0 aliphatic rings. The lowest BCUT2D eigenvalue weighted by Crippen LogP contribution is -2.48. The average Bonchev–Trinajstić information content (AvgIpc) is 2.66. The predicted octanol–water partition coefficient (Wildman–Crippen LogP) is 3.58. The van der Waals surface area contributed by atoms with Gasteiger partial charge in [-0.05, 0) is 53.9 Å². The zero-order valence-corrected chi connectivity index (χ0v) is 17.0. The molecule has 0 aliphatic carbocycles. The summed E-state index contributed by atoms with van der Waals surface area (Å²) in [4.78, 5) is 11.9. The van der Waals surface area contributed by atoms with Crippen LogP contribution in [0.3, 0.4) is 0 Å². The van der Waals surface area contributed by atoms with Gasteiger partial charge in [0.15, 0.2) is 11.7 Å². The van der Waals surface area contributed by atoms with Crippen molar-refractivity contribution in [2.75, 3.05) is 13.2 Å². The molecular weight excluding hydrogens is 382 g/mol. The molecule has 2 rings (SSSR count). The molecule has 0 aliphatic heterocycles. The Labute approximate surface area is 170 Å². The molecule has 5 nitrogen and oxygen atoms in total. The Balaban J connectivity index is 1.66. The predicted molar refractivity (Wildman–Crippen MR) is 113 cm³/mol. The van der Waals surface area contributed by atoms with Gasteiger partial charge < -0.3 is 10.1 Å². The maximum absolute atomic E-state index is 11.9. The molecule has 144 valence electrons. The molecule has 0 saturated carbocycles. The molecule has 27 heavy (non-hydrogen) atoms. The summed E-state index contributed by atoms with van der Waals surface area (Å²) < 4.78 is 5.61. The Morgan fingerprint density at radius 2 is 1.81 bits per heavy atom. The van der Waals surface area contributed by atoms with E-state index in [1.54, 1.807) is 0 Å². The van der Waals surface area contributed by atoms with Crippen LogP contribution in [-0.4, -0.2) is 24.2 Å². The SMILES string of the molecule is CC(C)c1ccccc1OCC(=O)NNC(=S)NCCc1ccc(Cl)cc1. The number of halogens is 1. The van der Waals surface area contributed by atoms with Crippen molar-refractivity contribution >= 4 is 34.8 Å². The summed E-state index contributed by atoms with van der Waals surface area (Å²) in [5.41, 5.74) is 7.41. The van der Waals surface area contributed by atoms with Gasteiger partial charge in [-0.15, -0.1) is 0 Å². The first-order chi connectivity index (χ1) is 13.0. The van der Waals surface area contributed by atoms with Crippen molar-refractivity contribution in [2.24, 2.45) is 0 Å². The van der Waals surface area contributed by atoms with Crippen LogP contribution in [0.1, 0.15) is 30.9 Å². The molecule has 7 heteroatoms. The van der Waals surface area contributed by atoms with Crippen LogP contribution in [-0.2, 0) is 11.2 Å². The fraction of sp³-hybridized carbons (Fsp3) is 0.300. The van der Waals surface area contributed by atoms with Crippen LogP contribution in [0.15, 0.2) is 48.5 Å². The van der Waals surface area contributed by atoms with E-state index in [1.165, 1.54) is 0 Å². The molecule has 0 atom stereocenters. The summed E-state index contributed by atoms with van der Waals surface area (Å²) in [5, 5.41) is 4.09. The first-order valence-electron chi connectivity index (χ1n) is 8.74. The van der Waals surface area contributed by atoms with Crippen molar-refractivity contribution in [2.45, 2.75) is 26.2 Å². The van der Waals surface area contributed by atoms with Crippen LogP contribution in [0.2, 0.25) is 5.02 Å². The zero-order chi connectivity index (χ0) is 19.6. The first-order valence-corrected chi connectivity index (χ1v) is 9.53. The second-order valence-electron chi connectivity index (χ2n) is 6.29. The number of amides is 1. The van der Waals surface area contributed by atoms with E-state index < -0.39 is 0 Å². The van der Waals surface area contributed by atoms with E-state index in [2.05, 4.69) is 30.0 Å². The number of nitrogens with one attached hydrogen (secondary N) is 3. The smallest absolute Gasteiger partial charge is 0.276 e. The number of para-hydroxylation sites is 1. The molecule has 0 saturated heterocycles. The highest BCUT2D eigenvalue weighted by Gasteiger charge is 2.09. The summed E-state index contributed by atoms with van der Waals surface area (Å²) in [6.45, 7) is 4.71. The second kappa shape index (κ2) is 10.7. The molecule has 0 fully saturated rings. The minimum absolute atomic E-state index is 0.0931. The molecule has 3 N–H and O–H groups in total. The number of rotatable bonds is 7. The number of hydrogen-bond donors (Lipinski definition) is 3. The second-order valence-corrected chi connectivity index (χ2v) is 7.13. The topological polar surface area (TPSA) is 62.4 Å². The van der Waals surface area contributed by atoms with E-state index in [1.807, 2.05) is 48.5 Å². The maximum Gasteiger partial charge on any atom is 0.276 e. The molecule has 0 aromatic heterocycles. The lowest BCUT2D eigenvalue weighted by Gasteiger charge is -2.15. The van der Waals surface area contributed by atoms with E-state index in [-0.39, 0.29) is 12.5 Å². The molecule has 1 amide bonds. The summed E-state index contributed by atoms with van der Waals surface area (Å²) >= 11 is 11.0. The Morgan fingerprint density at radius 3 is 2.52 bits per heavy atom. The lowest BCUT2D eigenvalue weighted by atomic mass is 10.0. The van der Waals surface area contributed by atoms with Gasteiger partial charge in [0, 0.05) is 11.6 Å². The van der Waals surface area contributed by atoms with Crippen LogP contribution >= 0.6 is 23.8 Å². The third-order valence-corrected chi connectivity index (χ3v) is 4.33. The molecule has 0 radical (unpaired) electrons. The van der Waals surface area contributed by atoms with Gasteiger partial charge in [-0.3, -0.25) is 15.6 Å². The molecule has 0 heterocycles. The highest BCUT2D eigenvalue weighted by atomic mass is 35.5. The fourth-order valence-electron chi connectivity index (χ4n) is 2.41. The van der Waals surface area contributed by atoms with E-state index in [0.29, 0.717) is 28.3 Å². The number of hydrogen-bond acceptors (Lipinski definition) is 3. The van der Waals surface area contributed by atoms with Gasteiger partial charge in [-0.1, -0.05) is 55.8 Å². The van der Waals surface area contributed by atoms with Gasteiger partial charge in [-0.25, -0.2) is 0 Å². The summed E-state index contributed by atoms with van der Waals surface area (Å²) in [6.07, 6.45) is 0.794. The van der Waals surface area contributed by atoms with Gasteiger partial charge >= 0.3 is 0 Å². The lowest BCUT2D eigenvalue weighted by molar-refractivity contribution is -0.123. The average molecular weight is 406 g/mol. The van der Waals surface area contributed by atoms with Gasteiger partial charge in [0.05, 0.1) is 0 Å². The van der Waals surface area contributed by atoms with E-state index in [4.69, 9.17) is 28.6 Å². The molecule has 0 unspecified atom stereocenters. The van der Waals surface area contributed by atoms with Crippen LogP contribution in [0.5, 0.6) is 5.75 Å². The van der Waals surface area contributed by atoms with E-state index in [0.717, 1.165) is 17.5 Å². The van der Waals surface area contributed by atoms with Crippen molar-refractivity contribution in [1.29, 1.82) is 0 Å². The Hall–Kier alpha value is -2.31. The largest absolute Gasteiger partial charge is 0.483 e. The molecule has 0 bridgehead atoms. The Morgan fingerprint density at radius 1 is 1.11 bits per heavy atom. The van der Waals surface area contributed by atoms with Crippen molar-refractivity contribution in [3.63, 3.8) is 0 Å². The van der Waals surface area contributed by atoms with Crippen molar-refractivity contribution in [3.8, 4) is 5.75 Å². The number of thiocarbonyl (C=S) groups is 1. The quantitative estimate of drug-likeness (QED) is 0.485. The minimum atomic E-state index is -0.310. The van der Waals surface area contributed by atoms with Gasteiger partial charge in [-0.2, -0.15) is 0 Å². The third-order valence-electron chi connectivity index (χ3n) is 3.83. The number of hydrazine groups is 1. The number of benzene rings is 2. The Bertz CT molecular complexity index is 766. The summed E-state index contributed by atoms with van der Waals surface area (Å²) in [7, 11) is 0. The molecule has 0 spiro atoms. The van der Waals surface area contributed by atoms with E-state index >= 15 is 0 Å². The normalized spacial score (nSPS) is 10.4. The monoisotopic (exact) mass is 405 g/mol. The zero-order valence-electron chi connectivity index (χ0n) is 15.4. The fourth-order valence-corrected chi connectivity index (χ4v) is 2.69. The van der Waals surface area contributed by atoms with Gasteiger partial charge in [0.1, 0.15) is 5.75 Å². The number of ether oxygens (including phenoxy) is 1. The maximum atomic E-state index is 11.9. The van der Waals surface area contributed by atoms with Gasteiger partial charge in [0.2, 0.25) is 0 Å². The van der Waals surface area contributed by atoms with Crippen molar-refractivity contribution in [1.82, 2.24) is 16.2 Å². The highest BCUT2D eigenvalue weighted by molar-refractivity contribution is 7.80. The van der Waals surface area contributed by atoms with Crippen LogP contribution < -0.4 is 20.9 Å². The minimum Gasteiger partial charge on any atom is -0.483 e. The van der Waals surface area contributed by atoms with E-state index in [9.17, 15) is 4.79 Å². The number of carbonyl (C=O) groups excluding carboxylic acids is 1. The summed E-state index contributed by atoms with van der Waals surface area (Å²) in [5.74, 6) is 0.724. The van der Waals surface area contributed by atoms with Crippen molar-refractivity contribution in [3.05, 3.63) is 64.7 Å². The molecular formula is C20H24ClN3O2S. The number of carbonyl (C=O) groups is 1. The van der Waals surface area contributed by atoms with Crippen LogP contribution in [0.4, 0.5) is 0 Å². The van der Waals surface area contributed by atoms with Crippen LogP contribution in [0, 0.1) is 0 Å². The van der Waals surface area contributed by atoms with Crippen LogP contribution in [0.25, 0.3) is 0 Å². The summed E-state index contributed by atoms with van der Waals surface area (Å²) in [6, 6.07) is 15.3. The molecule has 2 aromatic carbocycles.